The third kappa shape index (κ3) is 1.93. The minimum absolute atomic E-state index is 0.333. The summed E-state index contributed by atoms with van der Waals surface area (Å²) in [4.78, 5) is 0. The number of benzene rings is 1. The summed E-state index contributed by atoms with van der Waals surface area (Å²) in [6.07, 6.45) is 2.50. The molecule has 0 saturated carbocycles. The quantitative estimate of drug-likeness (QED) is 0.864. The molecule has 2 aliphatic rings. The van der Waals surface area contributed by atoms with Crippen molar-refractivity contribution in [3.8, 4) is 11.5 Å². The highest BCUT2D eigenvalue weighted by Crippen LogP contribution is 2.45. The Bertz CT molecular complexity index is 442. The molecule has 0 aromatic heterocycles. The van der Waals surface area contributed by atoms with Gasteiger partial charge in [-0.05, 0) is 65.4 Å². The lowest BCUT2D eigenvalue weighted by Crippen LogP contribution is -2.28. The largest absolute Gasteiger partial charge is 0.454 e. The molecule has 1 aromatic carbocycles. The Kier molecular flexibility index (Phi) is 3.01. The van der Waals surface area contributed by atoms with Crippen molar-refractivity contribution in [2.75, 3.05) is 19.9 Å². The molecule has 0 spiro atoms. The predicted molar refractivity (Wildman–Crippen MR) is 69.8 cm³/mol. The molecule has 1 saturated heterocycles. The van der Waals surface area contributed by atoms with Crippen molar-refractivity contribution in [1.29, 1.82) is 0 Å². The normalized spacial score (nSPS) is 22.8. The van der Waals surface area contributed by atoms with Crippen molar-refractivity contribution < 1.29 is 9.47 Å². The second-order valence-electron chi connectivity index (χ2n) is 4.68. The summed E-state index contributed by atoms with van der Waals surface area (Å²) in [5, 5.41) is 3.46. The number of hydrogen-bond acceptors (Lipinski definition) is 3. The van der Waals surface area contributed by atoms with Crippen LogP contribution in [0.5, 0.6) is 11.5 Å². The fourth-order valence-corrected chi connectivity index (χ4v) is 3.19. The molecule has 2 aliphatic heterocycles. The Balaban J connectivity index is 2.01. The predicted octanol–water partition coefficient (Wildman–Crippen LogP) is 2.95. The van der Waals surface area contributed by atoms with E-state index in [-0.39, 0.29) is 0 Å². The molecule has 0 bridgehead atoms. The van der Waals surface area contributed by atoms with Crippen molar-refractivity contribution in [1.82, 2.24) is 5.32 Å². The average molecular weight is 298 g/mol. The van der Waals surface area contributed by atoms with Crippen LogP contribution in [0, 0.1) is 6.92 Å². The first-order chi connectivity index (χ1) is 8.27. The van der Waals surface area contributed by atoms with E-state index in [9.17, 15) is 0 Å². The highest BCUT2D eigenvalue weighted by atomic mass is 79.9. The summed E-state index contributed by atoms with van der Waals surface area (Å²) in [6.45, 7) is 4.68. The Morgan fingerprint density at radius 1 is 1.41 bits per heavy atom. The van der Waals surface area contributed by atoms with Crippen molar-refractivity contribution >= 4 is 15.9 Å². The van der Waals surface area contributed by atoms with E-state index >= 15 is 0 Å². The van der Waals surface area contributed by atoms with Crippen molar-refractivity contribution in [3.05, 3.63) is 21.7 Å². The fourth-order valence-electron chi connectivity index (χ4n) is 2.66. The third-order valence-corrected chi connectivity index (χ3v) is 4.58. The summed E-state index contributed by atoms with van der Waals surface area (Å²) in [7, 11) is 0. The topological polar surface area (TPSA) is 30.5 Å². The van der Waals surface area contributed by atoms with Crippen molar-refractivity contribution in [3.63, 3.8) is 0 Å². The van der Waals surface area contributed by atoms with Gasteiger partial charge in [0.05, 0.1) is 4.47 Å². The van der Waals surface area contributed by atoms with Gasteiger partial charge >= 0.3 is 0 Å². The van der Waals surface area contributed by atoms with Crippen LogP contribution in [0.25, 0.3) is 0 Å². The van der Waals surface area contributed by atoms with Gasteiger partial charge in [-0.1, -0.05) is 0 Å². The molecule has 1 N–H and O–H groups in total. The first kappa shape index (κ1) is 11.4. The SMILES string of the molecule is Cc1c(C2CCCNC2)cc2c(c1Br)OCO2. The van der Waals surface area contributed by atoms with Crippen molar-refractivity contribution in [2.45, 2.75) is 25.7 Å². The van der Waals surface area contributed by atoms with Crippen LogP contribution in [-0.2, 0) is 0 Å². The van der Waals surface area contributed by atoms with Crippen molar-refractivity contribution in [2.24, 2.45) is 0 Å². The zero-order chi connectivity index (χ0) is 11.8. The monoisotopic (exact) mass is 297 g/mol. The zero-order valence-corrected chi connectivity index (χ0v) is 11.5. The molecule has 1 aromatic rings. The van der Waals surface area contributed by atoms with Crippen LogP contribution in [0.4, 0.5) is 0 Å². The maximum atomic E-state index is 5.49. The molecule has 3 nitrogen and oxygen atoms in total. The molecule has 0 amide bonds. The Morgan fingerprint density at radius 3 is 3.06 bits per heavy atom. The molecule has 17 heavy (non-hydrogen) atoms. The summed E-state index contributed by atoms with van der Waals surface area (Å²) in [6, 6.07) is 2.15. The molecular formula is C13H16BrNO2. The molecular weight excluding hydrogens is 282 g/mol. The summed E-state index contributed by atoms with van der Waals surface area (Å²) in [5.74, 6) is 2.33. The molecule has 92 valence electrons. The number of ether oxygens (including phenoxy) is 2. The van der Waals surface area contributed by atoms with E-state index in [1.54, 1.807) is 0 Å². The molecule has 0 aliphatic carbocycles. The van der Waals surface area contributed by atoms with E-state index in [2.05, 4.69) is 34.2 Å². The molecule has 0 radical (unpaired) electrons. The van der Waals surface area contributed by atoms with E-state index in [4.69, 9.17) is 9.47 Å². The zero-order valence-electron chi connectivity index (χ0n) is 9.88. The summed E-state index contributed by atoms with van der Waals surface area (Å²) < 4.78 is 12.0. The first-order valence-electron chi connectivity index (χ1n) is 6.06. The maximum absolute atomic E-state index is 5.49. The van der Waals surface area contributed by atoms with Gasteiger partial charge in [-0.25, -0.2) is 0 Å². The van der Waals surface area contributed by atoms with E-state index in [0.717, 1.165) is 29.1 Å². The lowest BCUT2D eigenvalue weighted by atomic mass is 9.88. The van der Waals surface area contributed by atoms with Gasteiger partial charge in [-0.3, -0.25) is 0 Å². The van der Waals surface area contributed by atoms with E-state index in [0.29, 0.717) is 12.7 Å². The summed E-state index contributed by atoms with van der Waals surface area (Å²) in [5.41, 5.74) is 2.66. The average Bonchev–Trinajstić information content (AvgIpc) is 2.83. The molecule has 2 heterocycles. The third-order valence-electron chi connectivity index (χ3n) is 3.63. The first-order valence-corrected chi connectivity index (χ1v) is 6.86. The highest BCUT2D eigenvalue weighted by molar-refractivity contribution is 9.10. The van der Waals surface area contributed by atoms with Gasteiger partial charge in [-0.15, -0.1) is 0 Å². The number of piperidine rings is 1. The van der Waals surface area contributed by atoms with Gasteiger partial charge in [0.2, 0.25) is 6.79 Å². The van der Waals surface area contributed by atoms with Gasteiger partial charge in [0.15, 0.2) is 11.5 Å². The Hall–Kier alpha value is -0.740. The smallest absolute Gasteiger partial charge is 0.231 e. The van der Waals surface area contributed by atoms with Crippen LogP contribution >= 0.6 is 15.9 Å². The maximum Gasteiger partial charge on any atom is 0.231 e. The minimum Gasteiger partial charge on any atom is -0.454 e. The molecule has 1 fully saturated rings. The Labute approximate surface area is 110 Å². The summed E-state index contributed by atoms with van der Waals surface area (Å²) >= 11 is 3.62. The van der Waals surface area contributed by atoms with E-state index in [1.807, 2.05) is 0 Å². The number of hydrogen-bond donors (Lipinski definition) is 1. The van der Waals surface area contributed by atoms with Crippen LogP contribution in [0.2, 0.25) is 0 Å². The second kappa shape index (κ2) is 4.50. The van der Waals surface area contributed by atoms with Gasteiger partial charge in [0.25, 0.3) is 0 Å². The number of fused-ring (bicyclic) bond motifs is 1. The number of halogens is 1. The van der Waals surface area contributed by atoms with Gasteiger partial charge in [0.1, 0.15) is 0 Å². The van der Waals surface area contributed by atoms with Crippen LogP contribution < -0.4 is 14.8 Å². The standard InChI is InChI=1S/C13H16BrNO2/c1-8-10(9-3-2-4-15-6-9)5-11-13(12(8)14)17-7-16-11/h5,9,15H,2-4,6-7H2,1H3. The minimum atomic E-state index is 0.333. The molecule has 3 rings (SSSR count). The number of rotatable bonds is 1. The lowest BCUT2D eigenvalue weighted by Gasteiger charge is -2.25. The molecule has 4 heteroatoms. The lowest BCUT2D eigenvalue weighted by molar-refractivity contribution is 0.173. The van der Waals surface area contributed by atoms with Crippen LogP contribution in [0.15, 0.2) is 10.5 Å². The molecule has 1 atom stereocenters. The van der Waals surface area contributed by atoms with Gasteiger partial charge in [-0.2, -0.15) is 0 Å². The van der Waals surface area contributed by atoms with Gasteiger partial charge < -0.3 is 14.8 Å². The van der Waals surface area contributed by atoms with Crippen LogP contribution in [0.3, 0.4) is 0 Å². The Morgan fingerprint density at radius 2 is 2.29 bits per heavy atom. The second-order valence-corrected chi connectivity index (χ2v) is 5.47. The number of nitrogens with one attached hydrogen (secondary N) is 1. The van der Waals surface area contributed by atoms with Crippen LogP contribution in [0.1, 0.15) is 29.9 Å². The van der Waals surface area contributed by atoms with E-state index < -0.39 is 0 Å². The van der Waals surface area contributed by atoms with E-state index in [1.165, 1.54) is 24.0 Å². The fraction of sp³-hybridized carbons (Fsp3) is 0.538. The highest BCUT2D eigenvalue weighted by Gasteiger charge is 2.25. The van der Waals surface area contributed by atoms with Crippen LogP contribution in [-0.4, -0.2) is 19.9 Å². The van der Waals surface area contributed by atoms with Gasteiger partial charge in [0, 0.05) is 6.54 Å². The molecule has 1 unspecified atom stereocenters.